The van der Waals surface area contributed by atoms with Crippen molar-refractivity contribution in [2.24, 2.45) is 0 Å². The highest BCUT2D eigenvalue weighted by Gasteiger charge is 2.29. The average Bonchev–Trinajstić information content (AvgIpc) is 3.20. The SMILES string of the molecule is COc1ccc(S(=O)(=O)N2CCN(c3ccc(F)cc3)CC2)cc1-c1noc(C)n1. The molecule has 30 heavy (non-hydrogen) atoms. The summed E-state index contributed by atoms with van der Waals surface area (Å²) in [6, 6.07) is 10.8. The van der Waals surface area contributed by atoms with Gasteiger partial charge in [-0.05, 0) is 42.5 Å². The number of ether oxygens (including phenoxy) is 1. The Balaban J connectivity index is 1.56. The summed E-state index contributed by atoms with van der Waals surface area (Å²) in [5, 5.41) is 3.87. The van der Waals surface area contributed by atoms with Gasteiger partial charge in [0.25, 0.3) is 0 Å². The smallest absolute Gasteiger partial charge is 0.243 e. The van der Waals surface area contributed by atoms with Crippen molar-refractivity contribution in [3.63, 3.8) is 0 Å². The van der Waals surface area contributed by atoms with Crippen molar-refractivity contribution in [2.45, 2.75) is 11.8 Å². The summed E-state index contributed by atoms with van der Waals surface area (Å²) in [6.45, 7) is 3.32. The van der Waals surface area contributed by atoms with Gasteiger partial charge in [0, 0.05) is 38.8 Å². The van der Waals surface area contributed by atoms with E-state index in [1.165, 1.54) is 35.7 Å². The van der Waals surface area contributed by atoms with Crippen molar-refractivity contribution in [3.05, 3.63) is 54.2 Å². The first-order chi connectivity index (χ1) is 14.4. The third-order valence-electron chi connectivity index (χ3n) is 5.01. The first kappa shape index (κ1) is 20.3. The van der Waals surface area contributed by atoms with Crippen LogP contribution in [0.25, 0.3) is 11.4 Å². The first-order valence-electron chi connectivity index (χ1n) is 9.38. The van der Waals surface area contributed by atoms with Crippen molar-refractivity contribution >= 4 is 15.7 Å². The van der Waals surface area contributed by atoms with E-state index >= 15 is 0 Å². The van der Waals surface area contributed by atoms with Crippen LogP contribution in [-0.4, -0.2) is 56.2 Å². The fourth-order valence-electron chi connectivity index (χ4n) is 3.42. The third kappa shape index (κ3) is 3.88. The fraction of sp³-hybridized carbons (Fsp3) is 0.300. The van der Waals surface area contributed by atoms with E-state index in [2.05, 4.69) is 10.1 Å². The van der Waals surface area contributed by atoms with Gasteiger partial charge in [0.1, 0.15) is 11.6 Å². The molecule has 0 bridgehead atoms. The number of hydrogen-bond donors (Lipinski definition) is 0. The number of sulfonamides is 1. The van der Waals surface area contributed by atoms with E-state index in [0.717, 1.165) is 5.69 Å². The molecule has 1 aliphatic rings. The van der Waals surface area contributed by atoms with E-state index in [4.69, 9.17) is 9.26 Å². The number of methoxy groups -OCH3 is 1. The molecule has 0 atom stereocenters. The van der Waals surface area contributed by atoms with Crippen LogP contribution in [0.4, 0.5) is 10.1 Å². The molecular formula is C20H21FN4O4S. The fourth-order valence-corrected chi connectivity index (χ4v) is 4.87. The molecule has 0 N–H and O–H groups in total. The molecule has 1 aliphatic heterocycles. The number of halogens is 1. The Morgan fingerprint density at radius 1 is 1.07 bits per heavy atom. The number of aryl methyl sites for hydroxylation is 1. The highest BCUT2D eigenvalue weighted by Crippen LogP contribution is 2.32. The van der Waals surface area contributed by atoms with Crippen LogP contribution in [0, 0.1) is 12.7 Å². The highest BCUT2D eigenvalue weighted by molar-refractivity contribution is 7.89. The molecule has 10 heteroatoms. The molecule has 1 saturated heterocycles. The summed E-state index contributed by atoms with van der Waals surface area (Å²) in [7, 11) is -2.22. The van der Waals surface area contributed by atoms with Crippen molar-refractivity contribution in [1.29, 1.82) is 0 Å². The molecule has 1 fully saturated rings. The summed E-state index contributed by atoms with van der Waals surface area (Å²) >= 11 is 0. The van der Waals surface area contributed by atoms with Crippen LogP contribution in [0.5, 0.6) is 5.75 Å². The number of benzene rings is 2. The predicted molar refractivity (Wildman–Crippen MR) is 108 cm³/mol. The molecule has 3 aromatic rings. The lowest BCUT2D eigenvalue weighted by molar-refractivity contribution is 0.384. The third-order valence-corrected chi connectivity index (χ3v) is 6.90. The number of anilines is 1. The van der Waals surface area contributed by atoms with Crippen LogP contribution in [-0.2, 0) is 10.0 Å². The van der Waals surface area contributed by atoms with E-state index < -0.39 is 10.0 Å². The number of rotatable bonds is 5. The molecule has 0 radical (unpaired) electrons. The zero-order valence-corrected chi connectivity index (χ0v) is 17.4. The zero-order chi connectivity index (χ0) is 21.3. The van der Waals surface area contributed by atoms with Gasteiger partial charge in [-0.2, -0.15) is 9.29 Å². The molecule has 8 nitrogen and oxygen atoms in total. The molecule has 1 aromatic heterocycles. The second-order valence-electron chi connectivity index (χ2n) is 6.87. The van der Waals surface area contributed by atoms with Gasteiger partial charge in [-0.15, -0.1) is 0 Å². The normalized spacial score (nSPS) is 15.4. The minimum Gasteiger partial charge on any atom is -0.496 e. The molecule has 2 heterocycles. The maximum atomic E-state index is 13.2. The molecule has 0 spiro atoms. The van der Waals surface area contributed by atoms with Crippen molar-refractivity contribution < 1.29 is 22.1 Å². The maximum absolute atomic E-state index is 13.2. The van der Waals surface area contributed by atoms with Gasteiger partial charge < -0.3 is 14.2 Å². The Bertz CT molecular complexity index is 1140. The summed E-state index contributed by atoms with van der Waals surface area (Å²) in [6.07, 6.45) is 0. The lowest BCUT2D eigenvalue weighted by atomic mass is 10.2. The van der Waals surface area contributed by atoms with E-state index in [1.54, 1.807) is 25.1 Å². The summed E-state index contributed by atoms with van der Waals surface area (Å²) in [5.41, 5.74) is 1.31. The van der Waals surface area contributed by atoms with Crippen LogP contribution < -0.4 is 9.64 Å². The van der Waals surface area contributed by atoms with E-state index in [0.29, 0.717) is 43.4 Å². The van der Waals surface area contributed by atoms with Crippen LogP contribution in [0.2, 0.25) is 0 Å². The Morgan fingerprint density at radius 2 is 1.77 bits per heavy atom. The number of nitrogens with zero attached hydrogens (tertiary/aromatic N) is 4. The van der Waals surface area contributed by atoms with E-state index in [1.807, 2.05) is 4.90 Å². The second kappa shape index (κ2) is 8.04. The summed E-state index contributed by atoms with van der Waals surface area (Å²) in [4.78, 5) is 6.35. The Kier molecular flexibility index (Phi) is 5.44. The lowest BCUT2D eigenvalue weighted by Crippen LogP contribution is -2.48. The van der Waals surface area contributed by atoms with Gasteiger partial charge in [-0.1, -0.05) is 5.16 Å². The van der Waals surface area contributed by atoms with Gasteiger partial charge in [-0.25, -0.2) is 12.8 Å². The number of piperazine rings is 1. The minimum atomic E-state index is -3.72. The minimum absolute atomic E-state index is 0.135. The molecule has 2 aromatic carbocycles. The van der Waals surface area contributed by atoms with Gasteiger partial charge >= 0.3 is 0 Å². The predicted octanol–water partition coefficient (Wildman–Crippen LogP) is 2.70. The zero-order valence-electron chi connectivity index (χ0n) is 16.6. The maximum Gasteiger partial charge on any atom is 0.243 e. The van der Waals surface area contributed by atoms with Gasteiger partial charge in [0.15, 0.2) is 0 Å². The topological polar surface area (TPSA) is 88.8 Å². The Morgan fingerprint density at radius 3 is 2.37 bits per heavy atom. The van der Waals surface area contributed by atoms with E-state index in [-0.39, 0.29) is 16.5 Å². The summed E-state index contributed by atoms with van der Waals surface area (Å²) in [5.74, 6) is 0.794. The molecule has 0 saturated carbocycles. The standard InChI is InChI=1S/C20H21FN4O4S/c1-14-22-20(23-29-14)18-13-17(7-8-19(18)28-2)30(26,27)25-11-9-24(10-12-25)16-5-3-15(21)4-6-16/h3-8,13H,9-12H2,1-2H3. The number of aromatic nitrogens is 2. The number of hydrogen-bond acceptors (Lipinski definition) is 7. The molecule has 0 unspecified atom stereocenters. The average molecular weight is 432 g/mol. The van der Waals surface area contributed by atoms with E-state index in [9.17, 15) is 12.8 Å². The van der Waals surface area contributed by atoms with Gasteiger partial charge in [-0.3, -0.25) is 0 Å². The van der Waals surface area contributed by atoms with Crippen molar-refractivity contribution in [1.82, 2.24) is 14.4 Å². The van der Waals surface area contributed by atoms with Crippen LogP contribution in [0.1, 0.15) is 5.89 Å². The van der Waals surface area contributed by atoms with Crippen molar-refractivity contribution in [2.75, 3.05) is 38.2 Å². The Labute approximate surface area is 173 Å². The highest BCUT2D eigenvalue weighted by atomic mass is 32.2. The lowest BCUT2D eigenvalue weighted by Gasteiger charge is -2.35. The monoisotopic (exact) mass is 432 g/mol. The van der Waals surface area contributed by atoms with Gasteiger partial charge in [0.2, 0.25) is 21.7 Å². The van der Waals surface area contributed by atoms with Crippen molar-refractivity contribution in [3.8, 4) is 17.1 Å². The first-order valence-corrected chi connectivity index (χ1v) is 10.8. The molecular weight excluding hydrogens is 411 g/mol. The van der Waals surface area contributed by atoms with Crippen LogP contribution in [0.15, 0.2) is 51.9 Å². The van der Waals surface area contributed by atoms with Crippen LogP contribution >= 0.6 is 0 Å². The summed E-state index contributed by atoms with van der Waals surface area (Å²) < 4.78 is 51.4. The molecule has 158 valence electrons. The molecule has 0 amide bonds. The molecule has 4 rings (SSSR count). The van der Waals surface area contributed by atoms with Crippen LogP contribution in [0.3, 0.4) is 0 Å². The van der Waals surface area contributed by atoms with Gasteiger partial charge in [0.05, 0.1) is 17.6 Å². The largest absolute Gasteiger partial charge is 0.496 e. The second-order valence-corrected chi connectivity index (χ2v) is 8.80. The quantitative estimate of drug-likeness (QED) is 0.612. The molecule has 0 aliphatic carbocycles. The Hall–Kier alpha value is -2.98.